The van der Waals surface area contributed by atoms with Gasteiger partial charge in [0.2, 0.25) is 17.7 Å². The summed E-state index contributed by atoms with van der Waals surface area (Å²) in [6.07, 6.45) is -0.133. The van der Waals surface area contributed by atoms with E-state index in [4.69, 9.17) is 5.73 Å². The van der Waals surface area contributed by atoms with E-state index in [2.05, 4.69) is 41.6 Å². The number of nitrogens with two attached hydrogens (primary N) is 1. The Bertz CT molecular complexity index is 966. The van der Waals surface area contributed by atoms with Gasteiger partial charge in [-0.3, -0.25) is 9.59 Å². The van der Waals surface area contributed by atoms with Gasteiger partial charge in [-0.2, -0.15) is 0 Å². The molecule has 0 bridgehead atoms. The van der Waals surface area contributed by atoms with Crippen LogP contribution in [0.15, 0.2) is 18.2 Å². The van der Waals surface area contributed by atoms with E-state index in [1.54, 1.807) is 18.3 Å². The van der Waals surface area contributed by atoms with Crippen molar-refractivity contribution in [3.05, 3.63) is 28.8 Å². The van der Waals surface area contributed by atoms with Crippen molar-refractivity contribution in [2.75, 3.05) is 6.54 Å². The molecule has 2 aromatic rings. The van der Waals surface area contributed by atoms with Gasteiger partial charge < -0.3 is 16.4 Å². The number of fused-ring (bicyclic) bond motifs is 1. The van der Waals surface area contributed by atoms with Crippen molar-refractivity contribution < 1.29 is 18.4 Å². The molecule has 1 aliphatic carbocycles. The molecule has 0 spiro atoms. The number of alkyl halides is 2. The van der Waals surface area contributed by atoms with Crippen LogP contribution in [0.3, 0.4) is 0 Å². The average molecular weight is 467 g/mol. The van der Waals surface area contributed by atoms with Crippen LogP contribution in [0.2, 0.25) is 0 Å². The number of hydrogen-bond donors (Lipinski definition) is 3. The van der Waals surface area contributed by atoms with Crippen LogP contribution < -0.4 is 16.4 Å². The van der Waals surface area contributed by atoms with Gasteiger partial charge in [-0.25, -0.2) is 13.8 Å². The number of carbonyl (C=O) groups excluding carboxylic acids is 2. The number of hydrogen-bond acceptors (Lipinski definition) is 5. The van der Waals surface area contributed by atoms with Crippen LogP contribution in [0.4, 0.5) is 8.78 Å². The highest BCUT2D eigenvalue weighted by molar-refractivity contribution is 7.18. The van der Waals surface area contributed by atoms with E-state index in [1.807, 2.05) is 6.07 Å². The van der Waals surface area contributed by atoms with E-state index in [9.17, 15) is 18.4 Å². The molecule has 3 rings (SSSR count). The normalized spacial score (nSPS) is 18.5. The SMILES string of the molecule is CCC(=O)N[C@H](CNC(=O)C1(N)CCC(F)(F)CC1)Cc1nc2ccc(C(C)C)cc2s1. The van der Waals surface area contributed by atoms with E-state index >= 15 is 0 Å². The van der Waals surface area contributed by atoms with Gasteiger partial charge >= 0.3 is 0 Å². The summed E-state index contributed by atoms with van der Waals surface area (Å²) in [6.45, 7) is 6.19. The number of aromatic nitrogens is 1. The average Bonchev–Trinajstić information content (AvgIpc) is 3.15. The van der Waals surface area contributed by atoms with Crippen LogP contribution >= 0.6 is 11.3 Å². The van der Waals surface area contributed by atoms with Gasteiger partial charge in [-0.15, -0.1) is 11.3 Å². The molecule has 0 unspecified atom stereocenters. The lowest BCUT2D eigenvalue weighted by molar-refractivity contribution is -0.131. The van der Waals surface area contributed by atoms with E-state index in [0.717, 1.165) is 15.2 Å². The van der Waals surface area contributed by atoms with Crippen LogP contribution in [-0.4, -0.2) is 40.8 Å². The molecule has 1 aliphatic rings. The predicted octanol–water partition coefficient (Wildman–Crippen LogP) is 3.88. The highest BCUT2D eigenvalue weighted by Crippen LogP contribution is 2.37. The lowest BCUT2D eigenvalue weighted by Crippen LogP contribution is -2.58. The maximum Gasteiger partial charge on any atom is 0.248 e. The molecule has 1 fully saturated rings. The van der Waals surface area contributed by atoms with Crippen LogP contribution in [0, 0.1) is 0 Å². The molecule has 6 nitrogen and oxygen atoms in total. The Balaban J connectivity index is 1.68. The number of nitrogens with zero attached hydrogens (tertiary/aromatic N) is 1. The van der Waals surface area contributed by atoms with Crippen LogP contribution in [0.5, 0.6) is 0 Å². The minimum atomic E-state index is -2.76. The molecule has 1 atom stereocenters. The summed E-state index contributed by atoms with van der Waals surface area (Å²) in [5.74, 6) is -2.93. The standard InChI is InChI=1S/C23H32F2N4O2S/c1-4-19(30)28-16(13-27-21(31)22(26)7-9-23(24,25)10-8-22)12-20-29-17-6-5-15(14(2)3)11-18(17)32-20/h5-6,11,14,16H,4,7-10,12-13,26H2,1-3H3,(H,27,31)(H,28,30)/t16-/m0/s1. The predicted molar refractivity (Wildman–Crippen MR) is 123 cm³/mol. The molecule has 2 amide bonds. The first-order valence-electron chi connectivity index (χ1n) is 11.1. The van der Waals surface area contributed by atoms with E-state index in [0.29, 0.717) is 18.8 Å². The van der Waals surface area contributed by atoms with Crippen molar-refractivity contribution in [1.82, 2.24) is 15.6 Å². The van der Waals surface area contributed by atoms with Crippen molar-refractivity contribution in [2.45, 2.75) is 82.7 Å². The van der Waals surface area contributed by atoms with Crippen molar-refractivity contribution in [3.8, 4) is 0 Å². The quantitative estimate of drug-likeness (QED) is 0.550. The molecule has 1 aromatic carbocycles. The fourth-order valence-corrected chi connectivity index (χ4v) is 4.93. The fraction of sp³-hybridized carbons (Fsp3) is 0.609. The lowest BCUT2D eigenvalue weighted by Gasteiger charge is -2.36. The van der Waals surface area contributed by atoms with Gasteiger partial charge in [-0.1, -0.05) is 26.8 Å². The van der Waals surface area contributed by atoms with Gasteiger partial charge in [0.25, 0.3) is 0 Å². The topological polar surface area (TPSA) is 97.1 Å². The van der Waals surface area contributed by atoms with Gasteiger partial charge in [0.1, 0.15) is 0 Å². The Morgan fingerprint density at radius 1 is 1.22 bits per heavy atom. The Morgan fingerprint density at radius 2 is 1.91 bits per heavy atom. The maximum atomic E-state index is 13.5. The molecule has 4 N–H and O–H groups in total. The molecule has 32 heavy (non-hydrogen) atoms. The minimum absolute atomic E-state index is 0.0616. The number of halogens is 2. The van der Waals surface area contributed by atoms with Gasteiger partial charge in [0, 0.05) is 32.2 Å². The maximum absolute atomic E-state index is 13.5. The molecular weight excluding hydrogens is 434 g/mol. The summed E-state index contributed by atoms with van der Waals surface area (Å²) in [5, 5.41) is 6.56. The second kappa shape index (κ2) is 9.79. The summed E-state index contributed by atoms with van der Waals surface area (Å²) in [5.41, 5.74) is 6.98. The van der Waals surface area contributed by atoms with Crippen molar-refractivity contribution in [3.63, 3.8) is 0 Å². The first kappa shape index (κ1) is 24.5. The number of rotatable bonds is 8. The Labute approximate surface area is 191 Å². The molecule has 0 radical (unpaired) electrons. The number of carbonyl (C=O) groups is 2. The highest BCUT2D eigenvalue weighted by atomic mass is 32.1. The number of nitrogens with one attached hydrogen (secondary N) is 2. The molecule has 176 valence electrons. The summed E-state index contributed by atoms with van der Waals surface area (Å²) < 4.78 is 28.0. The zero-order chi connectivity index (χ0) is 23.5. The smallest absolute Gasteiger partial charge is 0.248 e. The number of benzene rings is 1. The molecule has 1 heterocycles. The van der Waals surface area contributed by atoms with Crippen molar-refractivity contribution in [2.24, 2.45) is 5.73 Å². The third-order valence-electron chi connectivity index (χ3n) is 6.07. The zero-order valence-corrected chi connectivity index (χ0v) is 19.7. The molecule has 0 aliphatic heterocycles. The summed E-state index contributed by atoms with van der Waals surface area (Å²) in [6, 6.07) is 5.84. The molecular formula is C23H32F2N4O2S. The molecule has 0 saturated heterocycles. The largest absolute Gasteiger partial charge is 0.352 e. The molecule has 1 saturated carbocycles. The first-order chi connectivity index (χ1) is 15.0. The number of thiazole rings is 1. The summed E-state index contributed by atoms with van der Waals surface area (Å²) in [7, 11) is 0. The van der Waals surface area contributed by atoms with Gasteiger partial charge in [0.05, 0.1) is 26.8 Å². The van der Waals surface area contributed by atoms with Crippen LogP contribution in [0.25, 0.3) is 10.2 Å². The second-order valence-electron chi connectivity index (χ2n) is 9.03. The third kappa shape index (κ3) is 6.01. The summed E-state index contributed by atoms with van der Waals surface area (Å²) >= 11 is 1.57. The van der Waals surface area contributed by atoms with Crippen LogP contribution in [0.1, 0.15) is 69.4 Å². The van der Waals surface area contributed by atoms with E-state index < -0.39 is 30.2 Å². The molecule has 1 aromatic heterocycles. The lowest BCUT2D eigenvalue weighted by atomic mass is 9.80. The summed E-state index contributed by atoms with van der Waals surface area (Å²) in [4.78, 5) is 29.4. The third-order valence-corrected chi connectivity index (χ3v) is 7.11. The first-order valence-corrected chi connectivity index (χ1v) is 12.0. The fourth-order valence-electron chi connectivity index (χ4n) is 3.83. The zero-order valence-electron chi connectivity index (χ0n) is 18.8. The van der Waals surface area contributed by atoms with Gasteiger partial charge in [0.15, 0.2) is 0 Å². The molecule has 9 heteroatoms. The number of amides is 2. The van der Waals surface area contributed by atoms with Crippen molar-refractivity contribution in [1.29, 1.82) is 0 Å². The van der Waals surface area contributed by atoms with E-state index in [1.165, 1.54) is 5.56 Å². The monoisotopic (exact) mass is 466 g/mol. The highest BCUT2D eigenvalue weighted by Gasteiger charge is 2.45. The Hall–Kier alpha value is -2.13. The minimum Gasteiger partial charge on any atom is -0.352 e. The van der Waals surface area contributed by atoms with E-state index in [-0.39, 0.29) is 31.3 Å². The Morgan fingerprint density at radius 3 is 2.53 bits per heavy atom. The van der Waals surface area contributed by atoms with Crippen molar-refractivity contribution >= 4 is 33.4 Å². The van der Waals surface area contributed by atoms with Gasteiger partial charge in [-0.05, 0) is 36.5 Å². The van der Waals surface area contributed by atoms with Crippen LogP contribution in [-0.2, 0) is 16.0 Å². The second-order valence-corrected chi connectivity index (χ2v) is 10.1. The Kier molecular flexibility index (Phi) is 7.50.